The summed E-state index contributed by atoms with van der Waals surface area (Å²) in [5, 5.41) is 3.25. The Hall–Kier alpha value is -0.970. The molecular weight excluding hydrogens is 194 g/mol. The summed E-state index contributed by atoms with van der Waals surface area (Å²) in [5.41, 5.74) is 7.23. The van der Waals surface area contributed by atoms with Crippen LogP contribution < -0.4 is 16.2 Å². The molecule has 14 heavy (non-hydrogen) atoms. The molecule has 0 aromatic heterocycles. The van der Waals surface area contributed by atoms with Gasteiger partial charge in [0.05, 0.1) is 6.17 Å². The maximum absolute atomic E-state index is 5.28. The van der Waals surface area contributed by atoms with Crippen LogP contribution in [-0.4, -0.2) is 17.7 Å². The fourth-order valence-electron chi connectivity index (χ4n) is 1.42. The van der Waals surface area contributed by atoms with E-state index in [1.54, 1.807) is 0 Å². The average Bonchev–Trinajstić information content (AvgIpc) is 2.72. The summed E-state index contributed by atoms with van der Waals surface area (Å²) in [6.45, 7) is 0.981. The molecule has 0 aliphatic carbocycles. The summed E-state index contributed by atoms with van der Waals surface area (Å²) in [6.07, 6.45) is 1.30. The van der Waals surface area contributed by atoms with E-state index in [2.05, 4.69) is 16.2 Å². The van der Waals surface area contributed by atoms with Gasteiger partial charge in [0, 0.05) is 12.1 Å². The van der Waals surface area contributed by atoms with Gasteiger partial charge in [0.25, 0.3) is 0 Å². The first-order valence-electron chi connectivity index (χ1n) is 4.70. The van der Waals surface area contributed by atoms with E-state index < -0.39 is 0 Å². The molecule has 1 unspecified atom stereocenters. The Balaban J connectivity index is 1.95. The van der Waals surface area contributed by atoms with Gasteiger partial charge in [0.2, 0.25) is 0 Å². The van der Waals surface area contributed by atoms with Crippen molar-refractivity contribution in [2.45, 2.75) is 12.6 Å². The van der Waals surface area contributed by atoms with Crippen molar-refractivity contribution in [1.29, 1.82) is 0 Å². The fraction of sp³-hybridized carbons (Fsp3) is 0.300. The zero-order valence-corrected chi connectivity index (χ0v) is 8.60. The number of hydrogen-bond donors (Lipinski definition) is 3. The van der Waals surface area contributed by atoms with Gasteiger partial charge in [-0.15, -0.1) is 0 Å². The highest BCUT2D eigenvalue weighted by Crippen LogP contribution is 2.01. The van der Waals surface area contributed by atoms with Crippen molar-refractivity contribution in [3.8, 4) is 0 Å². The van der Waals surface area contributed by atoms with E-state index in [4.69, 9.17) is 12.2 Å². The van der Waals surface area contributed by atoms with Gasteiger partial charge in [-0.05, 0) is 6.42 Å². The molecule has 3 nitrogen and oxygen atoms in total. The van der Waals surface area contributed by atoms with Crippen LogP contribution in [0.1, 0.15) is 12.0 Å². The van der Waals surface area contributed by atoms with Crippen molar-refractivity contribution in [1.82, 2.24) is 16.2 Å². The molecule has 4 heteroatoms. The smallest absolute Gasteiger partial charge is 0.107 e. The molecule has 0 radical (unpaired) electrons. The topological polar surface area (TPSA) is 36.1 Å². The first kappa shape index (κ1) is 9.58. The van der Waals surface area contributed by atoms with Crippen LogP contribution >= 0.6 is 12.2 Å². The minimum Gasteiger partial charge on any atom is -0.359 e. The Morgan fingerprint density at radius 3 is 2.79 bits per heavy atom. The summed E-state index contributed by atoms with van der Waals surface area (Å²) in [7, 11) is 0. The van der Waals surface area contributed by atoms with Gasteiger partial charge in [-0.25, -0.2) is 5.43 Å². The van der Waals surface area contributed by atoms with E-state index in [1.165, 1.54) is 0 Å². The number of rotatable bonds is 2. The van der Waals surface area contributed by atoms with Crippen molar-refractivity contribution in [3.05, 3.63) is 35.9 Å². The lowest BCUT2D eigenvalue weighted by atomic mass is 10.2. The molecule has 0 saturated carbocycles. The Morgan fingerprint density at radius 1 is 1.36 bits per heavy atom. The third-order valence-electron chi connectivity index (χ3n) is 2.18. The minimum absolute atomic E-state index is 0.253. The highest BCUT2D eigenvalue weighted by molar-refractivity contribution is 7.80. The molecule has 1 saturated heterocycles. The van der Waals surface area contributed by atoms with Crippen molar-refractivity contribution in [2.24, 2.45) is 0 Å². The summed E-state index contributed by atoms with van der Waals surface area (Å²) in [4.78, 5) is 0.798. The van der Waals surface area contributed by atoms with Crippen LogP contribution in [0.5, 0.6) is 0 Å². The minimum atomic E-state index is 0.253. The number of nitrogens with one attached hydrogen (secondary N) is 3. The fourth-order valence-corrected chi connectivity index (χ4v) is 1.70. The van der Waals surface area contributed by atoms with E-state index in [0.29, 0.717) is 0 Å². The van der Waals surface area contributed by atoms with Crippen LogP contribution in [0.2, 0.25) is 0 Å². The molecule has 3 N–H and O–H groups in total. The molecule has 0 bridgehead atoms. The summed E-state index contributed by atoms with van der Waals surface area (Å²) in [6, 6.07) is 9.99. The predicted molar refractivity (Wildman–Crippen MR) is 60.8 cm³/mol. The molecule has 1 fully saturated rings. The van der Waals surface area contributed by atoms with Crippen LogP contribution in [0.25, 0.3) is 0 Å². The molecular formula is C10H13N3S. The normalized spacial score (nSPS) is 20.7. The Bertz CT molecular complexity index is 306. The van der Waals surface area contributed by atoms with Crippen molar-refractivity contribution in [3.63, 3.8) is 0 Å². The van der Waals surface area contributed by atoms with Gasteiger partial charge in [-0.2, -0.15) is 0 Å². The second kappa shape index (κ2) is 4.50. The third kappa shape index (κ3) is 2.29. The zero-order chi connectivity index (χ0) is 9.80. The van der Waals surface area contributed by atoms with Crippen LogP contribution in [0.4, 0.5) is 0 Å². The zero-order valence-electron chi connectivity index (χ0n) is 7.79. The first-order chi connectivity index (χ1) is 6.86. The van der Waals surface area contributed by atoms with Crippen LogP contribution in [0.15, 0.2) is 30.3 Å². The van der Waals surface area contributed by atoms with Crippen LogP contribution in [0, 0.1) is 0 Å². The summed E-state index contributed by atoms with van der Waals surface area (Å²) >= 11 is 5.28. The van der Waals surface area contributed by atoms with E-state index in [9.17, 15) is 0 Å². The quantitative estimate of drug-likeness (QED) is 0.626. The molecule has 1 aliphatic heterocycles. The monoisotopic (exact) mass is 207 g/mol. The Morgan fingerprint density at radius 2 is 2.14 bits per heavy atom. The number of hydrogen-bond acceptors (Lipinski definition) is 3. The molecule has 0 spiro atoms. The number of thiocarbonyl (C=S) groups is 1. The summed E-state index contributed by atoms with van der Waals surface area (Å²) in [5.74, 6) is 0. The van der Waals surface area contributed by atoms with Crippen LogP contribution in [0.3, 0.4) is 0 Å². The second-order valence-corrected chi connectivity index (χ2v) is 3.66. The molecule has 0 amide bonds. The molecule has 1 aliphatic rings. The maximum Gasteiger partial charge on any atom is 0.107 e. The lowest BCUT2D eigenvalue weighted by Gasteiger charge is -2.14. The van der Waals surface area contributed by atoms with E-state index in [1.807, 2.05) is 30.3 Å². The Kier molecular flexibility index (Phi) is 3.08. The SMILES string of the molecule is S=C(NC1CCNN1)c1ccccc1. The van der Waals surface area contributed by atoms with Crippen molar-refractivity contribution < 1.29 is 0 Å². The van der Waals surface area contributed by atoms with Gasteiger partial charge in [-0.3, -0.25) is 5.43 Å². The highest BCUT2D eigenvalue weighted by Gasteiger charge is 2.14. The molecule has 2 rings (SSSR count). The lowest BCUT2D eigenvalue weighted by molar-refractivity contribution is 0.531. The first-order valence-corrected chi connectivity index (χ1v) is 5.11. The second-order valence-electron chi connectivity index (χ2n) is 3.25. The highest BCUT2D eigenvalue weighted by atomic mass is 32.1. The van der Waals surface area contributed by atoms with Crippen molar-refractivity contribution >= 4 is 17.2 Å². The third-order valence-corrected chi connectivity index (χ3v) is 2.53. The van der Waals surface area contributed by atoms with Gasteiger partial charge < -0.3 is 5.32 Å². The van der Waals surface area contributed by atoms with E-state index in [-0.39, 0.29) is 6.17 Å². The van der Waals surface area contributed by atoms with Gasteiger partial charge in [0.1, 0.15) is 4.99 Å². The van der Waals surface area contributed by atoms with E-state index in [0.717, 1.165) is 23.5 Å². The van der Waals surface area contributed by atoms with Gasteiger partial charge >= 0.3 is 0 Å². The largest absolute Gasteiger partial charge is 0.359 e. The molecule has 1 aromatic carbocycles. The maximum atomic E-state index is 5.28. The molecule has 1 heterocycles. The standard InChI is InChI=1S/C10H13N3S/c14-10(8-4-2-1-3-5-8)12-9-6-7-11-13-9/h1-5,9,11,13H,6-7H2,(H,12,14). The predicted octanol–water partition coefficient (Wildman–Crippen LogP) is 0.776. The van der Waals surface area contributed by atoms with Gasteiger partial charge in [0.15, 0.2) is 0 Å². The Labute approximate surface area is 88.9 Å². The molecule has 74 valence electrons. The number of benzene rings is 1. The molecule has 1 atom stereocenters. The summed E-state index contributed by atoms with van der Waals surface area (Å²) < 4.78 is 0. The van der Waals surface area contributed by atoms with Crippen molar-refractivity contribution in [2.75, 3.05) is 6.54 Å². The van der Waals surface area contributed by atoms with E-state index >= 15 is 0 Å². The lowest BCUT2D eigenvalue weighted by Crippen LogP contribution is -2.43. The molecule has 1 aromatic rings. The van der Waals surface area contributed by atoms with Gasteiger partial charge in [-0.1, -0.05) is 42.5 Å². The van der Waals surface area contributed by atoms with Crippen LogP contribution in [-0.2, 0) is 0 Å². The number of hydrazine groups is 1. The average molecular weight is 207 g/mol.